The van der Waals surface area contributed by atoms with Gasteiger partial charge >= 0.3 is 0 Å². The topological polar surface area (TPSA) is 68.5 Å². The number of carbonyl (C=O) groups is 1. The molecule has 3 aromatic rings. The summed E-state index contributed by atoms with van der Waals surface area (Å²) in [4.78, 5) is 19.1. The van der Waals surface area contributed by atoms with Crippen LogP contribution in [0.2, 0.25) is 0 Å². The Hall–Kier alpha value is -3.22. The Kier molecular flexibility index (Phi) is 5.06. The Labute approximate surface area is 161 Å². The minimum absolute atomic E-state index is 0.0161. The van der Waals surface area contributed by atoms with Crippen molar-refractivity contribution in [3.63, 3.8) is 0 Å². The molecular formula is C21H20FN3O3. The lowest BCUT2D eigenvalue weighted by Crippen LogP contribution is -2.39. The Morgan fingerprint density at radius 1 is 1.18 bits per heavy atom. The zero-order valence-corrected chi connectivity index (χ0v) is 15.5. The highest BCUT2D eigenvalue weighted by Gasteiger charge is 2.29. The van der Waals surface area contributed by atoms with Gasteiger partial charge in [0.1, 0.15) is 11.6 Å². The molecule has 28 heavy (non-hydrogen) atoms. The van der Waals surface area contributed by atoms with Gasteiger partial charge in [-0.3, -0.25) is 4.79 Å². The number of likely N-dealkylation sites (tertiary alicyclic amines) is 1. The highest BCUT2D eigenvalue weighted by molar-refractivity contribution is 5.94. The number of piperidine rings is 1. The molecule has 1 aromatic heterocycles. The molecule has 1 fully saturated rings. The van der Waals surface area contributed by atoms with Crippen molar-refractivity contribution in [2.45, 2.75) is 18.8 Å². The number of benzene rings is 2. The van der Waals surface area contributed by atoms with Crippen LogP contribution in [0.1, 0.15) is 35.0 Å². The van der Waals surface area contributed by atoms with Crippen LogP contribution in [0.5, 0.6) is 5.75 Å². The van der Waals surface area contributed by atoms with Gasteiger partial charge in [-0.2, -0.15) is 4.98 Å². The molecule has 1 aliphatic rings. The van der Waals surface area contributed by atoms with E-state index < -0.39 is 0 Å². The van der Waals surface area contributed by atoms with Crippen molar-refractivity contribution in [3.05, 3.63) is 65.8 Å². The Morgan fingerprint density at radius 3 is 2.64 bits per heavy atom. The van der Waals surface area contributed by atoms with E-state index in [2.05, 4.69) is 10.1 Å². The van der Waals surface area contributed by atoms with Crippen LogP contribution in [0.25, 0.3) is 11.4 Å². The monoisotopic (exact) mass is 381 g/mol. The van der Waals surface area contributed by atoms with Gasteiger partial charge in [-0.05, 0) is 61.4 Å². The number of amides is 1. The largest absolute Gasteiger partial charge is 0.497 e. The summed E-state index contributed by atoms with van der Waals surface area (Å²) in [5.41, 5.74) is 1.32. The summed E-state index contributed by atoms with van der Waals surface area (Å²) in [6, 6.07) is 13.1. The summed E-state index contributed by atoms with van der Waals surface area (Å²) in [5.74, 6) is 1.29. The quantitative estimate of drug-likeness (QED) is 0.686. The summed E-state index contributed by atoms with van der Waals surface area (Å²) in [6.45, 7) is 1.22. The van der Waals surface area contributed by atoms with Gasteiger partial charge < -0.3 is 14.2 Å². The molecule has 2 aromatic carbocycles. The smallest absolute Gasteiger partial charge is 0.253 e. The molecule has 144 valence electrons. The maximum atomic E-state index is 13.1. The van der Waals surface area contributed by atoms with E-state index in [1.807, 2.05) is 4.90 Å². The number of rotatable bonds is 4. The summed E-state index contributed by atoms with van der Waals surface area (Å²) in [5, 5.41) is 4.01. The van der Waals surface area contributed by atoms with Crippen LogP contribution in [0.15, 0.2) is 53.1 Å². The predicted octanol–water partition coefficient (Wildman–Crippen LogP) is 3.90. The van der Waals surface area contributed by atoms with E-state index in [0.717, 1.165) is 12.8 Å². The number of aromatic nitrogens is 2. The van der Waals surface area contributed by atoms with Crippen LogP contribution >= 0.6 is 0 Å². The van der Waals surface area contributed by atoms with Crippen LogP contribution in [-0.4, -0.2) is 41.1 Å². The average Bonchev–Trinajstić information content (AvgIpc) is 3.24. The number of carbonyl (C=O) groups excluding carboxylic acids is 1. The van der Waals surface area contributed by atoms with Crippen LogP contribution in [-0.2, 0) is 0 Å². The molecule has 1 atom stereocenters. The number of hydrogen-bond donors (Lipinski definition) is 0. The van der Waals surface area contributed by atoms with Gasteiger partial charge in [-0.1, -0.05) is 5.16 Å². The van der Waals surface area contributed by atoms with Crippen molar-refractivity contribution in [1.82, 2.24) is 15.0 Å². The fourth-order valence-electron chi connectivity index (χ4n) is 3.40. The summed E-state index contributed by atoms with van der Waals surface area (Å²) in [6.07, 6.45) is 1.73. The van der Waals surface area contributed by atoms with E-state index in [1.165, 1.54) is 12.1 Å². The van der Waals surface area contributed by atoms with E-state index in [9.17, 15) is 9.18 Å². The minimum atomic E-state index is -0.313. The molecule has 7 heteroatoms. The van der Waals surface area contributed by atoms with Crippen molar-refractivity contribution in [1.29, 1.82) is 0 Å². The Morgan fingerprint density at radius 2 is 1.93 bits per heavy atom. The molecule has 1 saturated heterocycles. The number of ether oxygens (including phenoxy) is 1. The average molecular weight is 381 g/mol. The molecule has 0 saturated carbocycles. The van der Waals surface area contributed by atoms with Gasteiger partial charge in [-0.25, -0.2) is 4.39 Å². The first-order chi connectivity index (χ1) is 13.6. The van der Waals surface area contributed by atoms with Gasteiger partial charge in [0.15, 0.2) is 0 Å². The van der Waals surface area contributed by atoms with E-state index in [4.69, 9.17) is 9.26 Å². The molecule has 0 bridgehead atoms. The molecule has 0 radical (unpaired) electrons. The normalized spacial score (nSPS) is 16.8. The standard InChI is InChI=1S/C21H20FN3O3/c1-27-18-10-6-15(7-11-18)21(26)25-12-2-3-16(13-25)20-23-19(24-28-20)14-4-8-17(22)9-5-14/h4-11,16H,2-3,12-13H2,1H3/t16-/m0/s1. The van der Waals surface area contributed by atoms with Crippen molar-refractivity contribution < 1.29 is 18.4 Å². The summed E-state index contributed by atoms with van der Waals surface area (Å²) < 4.78 is 23.7. The molecule has 0 unspecified atom stereocenters. The third-order valence-electron chi connectivity index (χ3n) is 4.94. The molecule has 0 N–H and O–H groups in total. The number of nitrogens with zero attached hydrogens (tertiary/aromatic N) is 3. The van der Waals surface area contributed by atoms with Crippen molar-refractivity contribution in [2.75, 3.05) is 20.2 Å². The molecule has 0 aliphatic carbocycles. The van der Waals surface area contributed by atoms with Crippen LogP contribution in [0.4, 0.5) is 4.39 Å². The van der Waals surface area contributed by atoms with Crippen molar-refractivity contribution in [2.24, 2.45) is 0 Å². The van der Waals surface area contributed by atoms with E-state index in [-0.39, 0.29) is 17.6 Å². The van der Waals surface area contributed by atoms with Gasteiger partial charge in [0.05, 0.1) is 13.0 Å². The van der Waals surface area contributed by atoms with Gasteiger partial charge in [0.25, 0.3) is 5.91 Å². The van der Waals surface area contributed by atoms with Crippen molar-refractivity contribution in [3.8, 4) is 17.1 Å². The molecule has 0 spiro atoms. The maximum Gasteiger partial charge on any atom is 0.253 e. The third-order valence-corrected chi connectivity index (χ3v) is 4.94. The molecule has 2 heterocycles. The minimum Gasteiger partial charge on any atom is -0.497 e. The lowest BCUT2D eigenvalue weighted by atomic mass is 9.97. The fraction of sp³-hybridized carbons (Fsp3) is 0.286. The number of methoxy groups -OCH3 is 1. The molecule has 1 amide bonds. The van der Waals surface area contributed by atoms with Crippen LogP contribution in [0, 0.1) is 5.82 Å². The zero-order chi connectivity index (χ0) is 19.5. The highest BCUT2D eigenvalue weighted by atomic mass is 19.1. The summed E-state index contributed by atoms with van der Waals surface area (Å²) >= 11 is 0. The summed E-state index contributed by atoms with van der Waals surface area (Å²) in [7, 11) is 1.59. The van der Waals surface area contributed by atoms with Crippen LogP contribution < -0.4 is 4.74 Å². The Bertz CT molecular complexity index is 954. The molecule has 1 aliphatic heterocycles. The third kappa shape index (κ3) is 3.74. The number of hydrogen-bond acceptors (Lipinski definition) is 5. The fourth-order valence-corrected chi connectivity index (χ4v) is 3.40. The lowest BCUT2D eigenvalue weighted by Gasteiger charge is -2.31. The molecule has 6 nitrogen and oxygen atoms in total. The van der Waals surface area contributed by atoms with Gasteiger partial charge in [0, 0.05) is 24.2 Å². The van der Waals surface area contributed by atoms with Crippen molar-refractivity contribution >= 4 is 5.91 Å². The second kappa shape index (κ2) is 7.80. The van der Waals surface area contributed by atoms with Crippen LogP contribution in [0.3, 0.4) is 0 Å². The first-order valence-corrected chi connectivity index (χ1v) is 9.17. The Balaban J connectivity index is 1.47. The first-order valence-electron chi connectivity index (χ1n) is 9.17. The van der Waals surface area contributed by atoms with Gasteiger partial charge in [-0.15, -0.1) is 0 Å². The maximum absolute atomic E-state index is 13.1. The van der Waals surface area contributed by atoms with E-state index in [0.29, 0.717) is 41.7 Å². The van der Waals surface area contributed by atoms with Gasteiger partial charge in [0.2, 0.25) is 11.7 Å². The SMILES string of the molecule is COc1ccc(C(=O)N2CCC[C@H](c3nc(-c4ccc(F)cc4)no3)C2)cc1. The van der Waals surface area contributed by atoms with E-state index >= 15 is 0 Å². The predicted molar refractivity (Wildman–Crippen MR) is 101 cm³/mol. The second-order valence-corrected chi connectivity index (χ2v) is 6.78. The first kappa shape index (κ1) is 18.2. The lowest BCUT2D eigenvalue weighted by molar-refractivity contribution is 0.0695. The zero-order valence-electron chi connectivity index (χ0n) is 15.5. The molecule has 4 rings (SSSR count). The highest BCUT2D eigenvalue weighted by Crippen LogP contribution is 2.28. The molecular weight excluding hydrogens is 361 g/mol. The van der Waals surface area contributed by atoms with E-state index in [1.54, 1.807) is 43.5 Å². The number of halogens is 1. The second-order valence-electron chi connectivity index (χ2n) is 6.78.